The van der Waals surface area contributed by atoms with Gasteiger partial charge in [-0.05, 0) is 24.2 Å². The number of hydrogen-bond donors (Lipinski definition) is 0. The van der Waals surface area contributed by atoms with E-state index in [1.54, 1.807) is 0 Å². The zero-order chi connectivity index (χ0) is 7.83. The second-order valence-corrected chi connectivity index (χ2v) is 4.06. The Balaban J connectivity index is 0.000001000. The van der Waals surface area contributed by atoms with Crippen LogP contribution in [-0.2, 0) is 0 Å². The van der Waals surface area contributed by atoms with E-state index in [1.807, 2.05) is 0 Å². The van der Waals surface area contributed by atoms with E-state index in [2.05, 4.69) is 20.8 Å². The van der Waals surface area contributed by atoms with Crippen molar-refractivity contribution in [2.75, 3.05) is 0 Å². The van der Waals surface area contributed by atoms with Crippen LogP contribution in [0.25, 0.3) is 0 Å². The summed E-state index contributed by atoms with van der Waals surface area (Å²) in [5.41, 5.74) is 0.184. The topological polar surface area (TPSA) is 0 Å². The minimum Gasteiger partial charge on any atom is -0.0776 e. The molecule has 1 aliphatic rings. The third-order valence-electron chi connectivity index (χ3n) is 2.27. The lowest BCUT2D eigenvalue weighted by molar-refractivity contribution is 0.246. The fraction of sp³-hybridized carbons (Fsp3) is 1.00. The van der Waals surface area contributed by atoms with Crippen molar-refractivity contribution in [1.29, 1.82) is 0 Å². The van der Waals surface area contributed by atoms with Gasteiger partial charge in [0.05, 0.1) is 0 Å². The van der Waals surface area contributed by atoms with Crippen LogP contribution in [0.2, 0.25) is 0 Å². The molecule has 0 N–H and O–H groups in total. The van der Waals surface area contributed by atoms with Crippen molar-refractivity contribution in [1.82, 2.24) is 0 Å². The van der Waals surface area contributed by atoms with Gasteiger partial charge in [0.25, 0.3) is 0 Å². The predicted octanol–water partition coefficient (Wildman–Crippen LogP) is 3.86. The van der Waals surface area contributed by atoms with Crippen LogP contribution < -0.4 is 0 Å². The lowest BCUT2D eigenvalue weighted by Gasteiger charge is -2.26. The lowest BCUT2D eigenvalue weighted by atomic mass is 9.80. The largest absolute Gasteiger partial charge is 0.0776 e. The zero-order valence-corrected chi connectivity index (χ0v) is 6.83. The van der Waals surface area contributed by atoms with Crippen molar-refractivity contribution in [3.63, 3.8) is 0 Å². The molecule has 1 fully saturated rings. The van der Waals surface area contributed by atoms with E-state index in [1.165, 1.54) is 12.8 Å². The molecule has 0 saturated heterocycles. The van der Waals surface area contributed by atoms with E-state index in [0.717, 1.165) is 12.8 Å². The van der Waals surface area contributed by atoms with E-state index >= 15 is 0 Å². The molecule has 0 heterocycles. The fourth-order valence-electron chi connectivity index (χ4n) is 1.55. The summed E-state index contributed by atoms with van der Waals surface area (Å²) >= 11 is 0. The average Bonchev–Trinajstić information content (AvgIpc) is 2.13. The van der Waals surface area contributed by atoms with E-state index in [-0.39, 0.29) is 18.7 Å². The molecule has 0 spiro atoms. The van der Waals surface area contributed by atoms with Crippen LogP contribution >= 0.6 is 0 Å². The van der Waals surface area contributed by atoms with Crippen LogP contribution in [0.1, 0.15) is 55.3 Å². The van der Waals surface area contributed by atoms with Gasteiger partial charge in [-0.2, -0.15) is 0 Å². The van der Waals surface area contributed by atoms with Gasteiger partial charge < -0.3 is 0 Å². The van der Waals surface area contributed by atoms with E-state index in [0.29, 0.717) is 0 Å². The minimum atomic E-state index is -0.118. The molecule has 62 valence electrons. The van der Waals surface area contributed by atoms with Crippen LogP contribution in [0.15, 0.2) is 0 Å². The summed E-state index contributed by atoms with van der Waals surface area (Å²) in [6.07, 6.45) is 4.74. The summed E-state index contributed by atoms with van der Waals surface area (Å²) in [6, 6.07) is 0. The summed E-state index contributed by atoms with van der Waals surface area (Å²) < 4.78 is 8.13. The Morgan fingerprint density at radius 1 is 1.20 bits per heavy atom. The highest BCUT2D eigenvalue weighted by molar-refractivity contribution is 4.78. The molecule has 0 aromatic carbocycles. The Kier molecular flexibility index (Phi) is 2.76. The Morgan fingerprint density at radius 3 is 1.80 bits per heavy atom. The molecule has 0 unspecified atom stereocenters. The SMILES string of the molecule is C.[2H]C1(C(C)(C)C)CCCC1. The maximum absolute atomic E-state index is 8.13. The van der Waals surface area contributed by atoms with E-state index in [4.69, 9.17) is 1.37 Å². The first-order valence-electron chi connectivity index (χ1n) is 4.46. The van der Waals surface area contributed by atoms with Crippen molar-refractivity contribution in [3.05, 3.63) is 0 Å². The highest BCUT2D eigenvalue weighted by Gasteiger charge is 2.26. The molecule has 1 saturated carbocycles. The van der Waals surface area contributed by atoms with Crippen LogP contribution in [0, 0.1) is 11.3 Å². The summed E-state index contributed by atoms with van der Waals surface area (Å²) in [6.45, 7) is 6.56. The Hall–Kier alpha value is 0. The van der Waals surface area contributed by atoms with E-state index in [9.17, 15) is 0 Å². The van der Waals surface area contributed by atoms with Crippen molar-refractivity contribution >= 4 is 0 Å². The van der Waals surface area contributed by atoms with Gasteiger partial charge in [-0.15, -0.1) is 0 Å². The summed E-state index contributed by atoms with van der Waals surface area (Å²) in [5, 5.41) is 0. The quantitative estimate of drug-likeness (QED) is 0.483. The van der Waals surface area contributed by atoms with Crippen molar-refractivity contribution in [3.8, 4) is 0 Å². The first kappa shape index (κ1) is 8.10. The molecule has 0 aromatic heterocycles. The monoisotopic (exact) mass is 143 g/mol. The maximum atomic E-state index is 8.13. The minimum absolute atomic E-state index is 0. The zero-order valence-electron chi connectivity index (χ0n) is 7.83. The Morgan fingerprint density at radius 2 is 1.60 bits per heavy atom. The van der Waals surface area contributed by atoms with Crippen LogP contribution in [0.4, 0.5) is 0 Å². The van der Waals surface area contributed by atoms with Gasteiger partial charge in [-0.1, -0.05) is 41.0 Å². The third-order valence-corrected chi connectivity index (χ3v) is 2.27. The van der Waals surface area contributed by atoms with Gasteiger partial charge >= 0.3 is 0 Å². The molecular formula is C10H22. The summed E-state index contributed by atoms with van der Waals surface area (Å²) in [4.78, 5) is 0. The predicted molar refractivity (Wildman–Crippen MR) is 48.1 cm³/mol. The second-order valence-electron chi connectivity index (χ2n) is 4.06. The Labute approximate surface area is 67.4 Å². The standard InChI is InChI=1S/C9H18.CH4/c1-9(2,3)8-6-4-5-7-8;/h8H,4-7H2,1-3H3;1H4/i8D;. The molecule has 0 bridgehead atoms. The molecule has 1 rings (SSSR count). The molecule has 0 radical (unpaired) electrons. The van der Waals surface area contributed by atoms with Crippen LogP contribution in [0.3, 0.4) is 0 Å². The molecule has 0 amide bonds. The molecule has 0 nitrogen and oxygen atoms in total. The van der Waals surface area contributed by atoms with Crippen LogP contribution in [-0.4, -0.2) is 0 Å². The highest BCUT2D eigenvalue weighted by Crippen LogP contribution is 2.38. The van der Waals surface area contributed by atoms with Gasteiger partial charge in [0, 0.05) is 1.37 Å². The number of hydrogen-bond acceptors (Lipinski definition) is 0. The normalized spacial score (nSPS) is 25.3. The summed E-state index contributed by atoms with van der Waals surface area (Å²) in [7, 11) is 0. The van der Waals surface area contributed by atoms with E-state index < -0.39 is 0 Å². The third kappa shape index (κ3) is 2.32. The number of rotatable bonds is 0. The van der Waals surface area contributed by atoms with Crippen molar-refractivity contribution in [2.24, 2.45) is 11.3 Å². The second kappa shape index (κ2) is 3.41. The molecule has 0 aliphatic heterocycles. The first-order valence-corrected chi connectivity index (χ1v) is 3.96. The Bertz CT molecular complexity index is 115. The molecule has 0 atom stereocenters. The molecule has 1 aliphatic carbocycles. The lowest BCUT2D eigenvalue weighted by Crippen LogP contribution is -2.16. The molecular weight excluding hydrogens is 120 g/mol. The maximum Gasteiger partial charge on any atom is 0.0308 e. The summed E-state index contributed by atoms with van der Waals surface area (Å²) in [5.74, 6) is -0.118. The fourth-order valence-corrected chi connectivity index (χ4v) is 1.55. The van der Waals surface area contributed by atoms with Crippen molar-refractivity contribution in [2.45, 2.75) is 53.9 Å². The van der Waals surface area contributed by atoms with Gasteiger partial charge in [0.1, 0.15) is 0 Å². The van der Waals surface area contributed by atoms with Gasteiger partial charge in [-0.25, -0.2) is 0 Å². The molecule has 0 heteroatoms. The van der Waals surface area contributed by atoms with Gasteiger partial charge in [0.2, 0.25) is 0 Å². The van der Waals surface area contributed by atoms with Crippen LogP contribution in [0.5, 0.6) is 0 Å². The first-order chi connectivity index (χ1) is 4.46. The van der Waals surface area contributed by atoms with Gasteiger partial charge in [0.15, 0.2) is 0 Å². The van der Waals surface area contributed by atoms with Gasteiger partial charge in [-0.3, -0.25) is 0 Å². The average molecular weight is 143 g/mol. The molecule has 0 aromatic rings. The van der Waals surface area contributed by atoms with Crippen molar-refractivity contribution < 1.29 is 1.37 Å². The highest BCUT2D eigenvalue weighted by atomic mass is 14.3. The molecule has 10 heavy (non-hydrogen) atoms. The smallest absolute Gasteiger partial charge is 0.0308 e.